The Morgan fingerprint density at radius 3 is 1.40 bits per heavy atom. The third-order valence-corrected chi connectivity index (χ3v) is 5.91. The van der Waals surface area contributed by atoms with Crippen LogP contribution in [0.4, 0.5) is 0 Å². The number of aromatic amines is 2. The molecule has 140 valence electrons. The van der Waals surface area contributed by atoms with Gasteiger partial charge in [0, 0.05) is 21.9 Å². The molecule has 4 heteroatoms. The van der Waals surface area contributed by atoms with Crippen LogP contribution in [0.3, 0.4) is 0 Å². The number of hydrogen-bond acceptors (Lipinski definition) is 2. The Kier molecular flexibility index (Phi) is 2.97. The fourth-order valence-electron chi connectivity index (χ4n) is 4.48. The van der Waals surface area contributed by atoms with Crippen molar-refractivity contribution in [1.29, 1.82) is 0 Å². The van der Waals surface area contributed by atoms with E-state index in [-0.39, 0.29) is 0 Å². The highest BCUT2D eigenvalue weighted by atomic mass is 14.8. The first-order valence-corrected chi connectivity index (χ1v) is 10.0. The number of H-pyrrole nitrogens is 2. The molecule has 0 amide bonds. The summed E-state index contributed by atoms with van der Waals surface area (Å²) in [6.07, 6.45) is 0. The zero-order valence-corrected chi connectivity index (χ0v) is 16.0. The van der Waals surface area contributed by atoms with Gasteiger partial charge in [-0.2, -0.15) is 0 Å². The third-order valence-electron chi connectivity index (χ3n) is 5.91. The topological polar surface area (TPSA) is 57.4 Å². The van der Waals surface area contributed by atoms with Crippen molar-refractivity contribution in [2.45, 2.75) is 0 Å². The van der Waals surface area contributed by atoms with Crippen LogP contribution in [-0.4, -0.2) is 19.9 Å². The van der Waals surface area contributed by atoms with Crippen molar-refractivity contribution >= 4 is 21.8 Å². The van der Waals surface area contributed by atoms with Crippen molar-refractivity contribution in [2.75, 3.05) is 0 Å². The summed E-state index contributed by atoms with van der Waals surface area (Å²) in [5.74, 6) is 0. The molecule has 2 aromatic carbocycles. The highest BCUT2D eigenvalue weighted by Crippen LogP contribution is 2.35. The summed E-state index contributed by atoms with van der Waals surface area (Å²) in [5.41, 5.74) is 10.1. The van der Waals surface area contributed by atoms with Crippen LogP contribution in [-0.2, 0) is 0 Å². The van der Waals surface area contributed by atoms with Gasteiger partial charge in [-0.05, 0) is 36.4 Å². The maximum atomic E-state index is 5.00. The molecule has 1 aliphatic rings. The minimum atomic E-state index is 0.928. The molecule has 1 aliphatic heterocycles. The Morgan fingerprint density at radius 1 is 0.467 bits per heavy atom. The molecule has 0 spiro atoms. The van der Waals surface area contributed by atoms with Crippen LogP contribution in [0, 0.1) is 0 Å². The first kappa shape index (κ1) is 15.7. The largest absolute Gasteiger partial charge is 0.353 e. The maximum absolute atomic E-state index is 5.00. The summed E-state index contributed by atoms with van der Waals surface area (Å²) >= 11 is 0. The fourth-order valence-corrected chi connectivity index (χ4v) is 4.48. The van der Waals surface area contributed by atoms with E-state index >= 15 is 0 Å². The van der Waals surface area contributed by atoms with Crippen molar-refractivity contribution < 1.29 is 0 Å². The number of fused-ring (bicyclic) bond motifs is 10. The molecule has 0 atom stereocenters. The van der Waals surface area contributed by atoms with E-state index in [1.165, 1.54) is 0 Å². The van der Waals surface area contributed by atoms with Crippen LogP contribution in [0.15, 0.2) is 84.9 Å². The van der Waals surface area contributed by atoms with Gasteiger partial charge in [-0.15, -0.1) is 0 Å². The average molecular weight is 384 g/mol. The normalized spacial score (nSPS) is 12.0. The molecule has 8 bridgehead atoms. The van der Waals surface area contributed by atoms with Crippen molar-refractivity contribution in [2.24, 2.45) is 0 Å². The van der Waals surface area contributed by atoms with Gasteiger partial charge in [-0.1, -0.05) is 48.5 Å². The van der Waals surface area contributed by atoms with Crippen molar-refractivity contribution in [1.82, 2.24) is 19.9 Å². The molecule has 0 fully saturated rings. The lowest BCUT2D eigenvalue weighted by atomic mass is 10.1. The zero-order chi connectivity index (χ0) is 19.7. The lowest BCUT2D eigenvalue weighted by molar-refractivity contribution is 1.27. The van der Waals surface area contributed by atoms with Gasteiger partial charge in [-0.25, -0.2) is 9.97 Å². The Morgan fingerprint density at radius 2 is 0.900 bits per heavy atom. The summed E-state index contributed by atoms with van der Waals surface area (Å²) in [7, 11) is 0. The van der Waals surface area contributed by atoms with E-state index in [0.29, 0.717) is 0 Å². The number of pyridine rings is 2. The van der Waals surface area contributed by atoms with Crippen molar-refractivity contribution in [3.63, 3.8) is 0 Å². The quantitative estimate of drug-likeness (QED) is 0.317. The molecule has 7 rings (SSSR count). The molecule has 0 radical (unpaired) electrons. The molecule has 0 unspecified atom stereocenters. The van der Waals surface area contributed by atoms with E-state index in [9.17, 15) is 0 Å². The maximum Gasteiger partial charge on any atom is 0.0872 e. The zero-order valence-electron chi connectivity index (χ0n) is 16.0. The summed E-state index contributed by atoms with van der Waals surface area (Å²) < 4.78 is 0. The van der Waals surface area contributed by atoms with E-state index in [4.69, 9.17) is 9.97 Å². The van der Waals surface area contributed by atoms with Gasteiger partial charge >= 0.3 is 0 Å². The summed E-state index contributed by atoms with van der Waals surface area (Å²) in [4.78, 5) is 17.2. The number of nitrogens with one attached hydrogen (secondary N) is 2. The highest BCUT2D eigenvalue weighted by Gasteiger charge is 2.15. The van der Waals surface area contributed by atoms with Gasteiger partial charge in [0.2, 0.25) is 0 Å². The Balaban J connectivity index is 1.66. The Labute approximate surface area is 172 Å². The van der Waals surface area contributed by atoms with Gasteiger partial charge < -0.3 is 9.97 Å². The molecule has 6 aromatic rings. The van der Waals surface area contributed by atoms with Crippen molar-refractivity contribution in [3.8, 4) is 45.3 Å². The molecule has 0 aliphatic carbocycles. The van der Waals surface area contributed by atoms with Gasteiger partial charge in [0.15, 0.2) is 0 Å². The predicted molar refractivity (Wildman–Crippen MR) is 121 cm³/mol. The molecule has 4 aromatic heterocycles. The number of aromatic nitrogens is 4. The molecule has 0 saturated heterocycles. The van der Waals surface area contributed by atoms with Crippen LogP contribution in [0.25, 0.3) is 67.1 Å². The summed E-state index contributed by atoms with van der Waals surface area (Å²) in [6.45, 7) is 0. The molecular weight excluding hydrogens is 368 g/mol. The van der Waals surface area contributed by atoms with Crippen LogP contribution in [0.2, 0.25) is 0 Å². The minimum Gasteiger partial charge on any atom is -0.353 e. The van der Waals surface area contributed by atoms with Crippen LogP contribution in [0.5, 0.6) is 0 Å². The molecule has 4 nitrogen and oxygen atoms in total. The standard InChI is InChI=1S/C26H16N4/c1-5-15-13-23-21-12-4-10-20(28-21)18-8-2-6-16-14-24(30-26(16)18)22-11-3-9-19(27-22)17(7-1)25(15)29-23/h1-14,29-30H. The number of para-hydroxylation sites is 2. The van der Waals surface area contributed by atoms with Gasteiger partial charge in [0.1, 0.15) is 0 Å². The molecule has 2 N–H and O–H groups in total. The highest BCUT2D eigenvalue weighted by molar-refractivity contribution is 5.98. The smallest absolute Gasteiger partial charge is 0.0872 e. The minimum absolute atomic E-state index is 0.928. The monoisotopic (exact) mass is 384 g/mol. The lowest BCUT2D eigenvalue weighted by Gasteiger charge is -2.07. The Bertz CT molecular complexity index is 1480. The average Bonchev–Trinajstić information content (AvgIpc) is 3.43. The van der Waals surface area contributed by atoms with E-state index in [1.54, 1.807) is 0 Å². The summed E-state index contributed by atoms with van der Waals surface area (Å²) in [6, 6.07) is 29.4. The first-order valence-electron chi connectivity index (χ1n) is 10.0. The molecule has 0 saturated carbocycles. The van der Waals surface area contributed by atoms with Crippen molar-refractivity contribution in [3.05, 3.63) is 84.9 Å². The molecular formula is C26H16N4. The third kappa shape index (κ3) is 2.16. The van der Waals surface area contributed by atoms with Gasteiger partial charge in [-0.3, -0.25) is 0 Å². The van der Waals surface area contributed by atoms with E-state index < -0.39 is 0 Å². The lowest BCUT2D eigenvalue weighted by Crippen LogP contribution is -1.91. The second-order valence-corrected chi connectivity index (χ2v) is 7.72. The van der Waals surface area contributed by atoms with Crippen LogP contribution in [0.1, 0.15) is 0 Å². The summed E-state index contributed by atoms with van der Waals surface area (Å²) in [5, 5.41) is 2.31. The Hall–Kier alpha value is -4.18. The van der Waals surface area contributed by atoms with Crippen LogP contribution < -0.4 is 0 Å². The number of hydrogen-bond donors (Lipinski definition) is 2. The molecule has 5 heterocycles. The second-order valence-electron chi connectivity index (χ2n) is 7.72. The SMILES string of the molecule is c1cc2nc(c1)-c1cccc3cc([nH]c13)-c1cccc(n1)-c1cccc3cc-2[nH]c13. The van der Waals surface area contributed by atoms with E-state index in [2.05, 4.69) is 94.9 Å². The number of rotatable bonds is 0. The number of benzene rings is 2. The molecule has 30 heavy (non-hydrogen) atoms. The predicted octanol–water partition coefficient (Wildman–Crippen LogP) is 6.42. The fraction of sp³-hybridized carbons (Fsp3) is 0. The van der Waals surface area contributed by atoms with E-state index in [1.807, 2.05) is 0 Å². The second kappa shape index (κ2) is 5.67. The number of nitrogens with zero attached hydrogens (tertiary/aromatic N) is 2. The first-order chi connectivity index (χ1) is 14.8. The van der Waals surface area contributed by atoms with Gasteiger partial charge in [0.25, 0.3) is 0 Å². The van der Waals surface area contributed by atoms with E-state index in [0.717, 1.165) is 67.1 Å². The van der Waals surface area contributed by atoms with Gasteiger partial charge in [0.05, 0.1) is 45.2 Å². The van der Waals surface area contributed by atoms with Crippen LogP contribution >= 0.6 is 0 Å².